The molecule has 0 bridgehead atoms. The van der Waals surface area contributed by atoms with Gasteiger partial charge in [0.05, 0.1) is 9.62 Å². The molecule has 0 saturated heterocycles. The number of nitrogens with one attached hydrogen (secondary N) is 1. The Balaban J connectivity index is 1.91. The molecule has 2 aromatic heterocycles. The second-order valence-corrected chi connectivity index (χ2v) is 6.46. The third kappa shape index (κ3) is 2.95. The Kier molecular flexibility index (Phi) is 3.98. The molecule has 1 N–H and O–H groups in total. The summed E-state index contributed by atoms with van der Waals surface area (Å²) in [5.41, 5.74) is 3.13. The van der Waals surface area contributed by atoms with E-state index in [2.05, 4.69) is 15.3 Å². The van der Waals surface area contributed by atoms with Gasteiger partial charge in [0.2, 0.25) is 0 Å². The average molecular weight is 342 g/mol. The fraction of sp³-hybridized carbons (Fsp3) is 0.188. The summed E-state index contributed by atoms with van der Waals surface area (Å²) >= 11 is 1.33. The summed E-state index contributed by atoms with van der Waals surface area (Å²) in [6.07, 6.45) is 0. The minimum absolute atomic E-state index is 0.0833. The van der Waals surface area contributed by atoms with Crippen LogP contribution in [-0.4, -0.2) is 20.8 Å². The molecule has 0 aliphatic heterocycles. The van der Waals surface area contributed by atoms with Crippen molar-refractivity contribution in [2.75, 3.05) is 5.32 Å². The number of carbonyl (C=O) groups is 1. The van der Waals surface area contributed by atoms with Crippen molar-refractivity contribution in [2.45, 2.75) is 20.8 Å². The van der Waals surface area contributed by atoms with Crippen molar-refractivity contribution < 1.29 is 9.72 Å². The van der Waals surface area contributed by atoms with Crippen LogP contribution in [0.4, 0.5) is 10.8 Å². The first kappa shape index (κ1) is 16.0. The summed E-state index contributed by atoms with van der Waals surface area (Å²) in [6.45, 7) is 5.48. The summed E-state index contributed by atoms with van der Waals surface area (Å²) in [5, 5.41) is 14.1. The van der Waals surface area contributed by atoms with Gasteiger partial charge in [-0.1, -0.05) is 17.4 Å². The zero-order valence-electron chi connectivity index (χ0n) is 13.3. The second-order valence-electron chi connectivity index (χ2n) is 5.46. The SMILES string of the molecule is Cc1cc(C)c2sc(NC(=O)c3ccc(C)c([N+](=O)[O-])c3)nc2n1. The van der Waals surface area contributed by atoms with Gasteiger partial charge in [-0.2, -0.15) is 4.98 Å². The van der Waals surface area contributed by atoms with Crippen LogP contribution < -0.4 is 5.32 Å². The van der Waals surface area contributed by atoms with Crippen molar-refractivity contribution in [1.82, 2.24) is 9.97 Å². The Morgan fingerprint density at radius 1 is 1.17 bits per heavy atom. The molecule has 3 aromatic rings. The zero-order valence-corrected chi connectivity index (χ0v) is 14.1. The van der Waals surface area contributed by atoms with Gasteiger partial charge >= 0.3 is 0 Å². The van der Waals surface area contributed by atoms with E-state index in [1.54, 1.807) is 19.1 Å². The number of amides is 1. The highest BCUT2D eigenvalue weighted by Crippen LogP contribution is 2.28. The van der Waals surface area contributed by atoms with E-state index in [0.717, 1.165) is 16.0 Å². The van der Waals surface area contributed by atoms with Gasteiger partial charge in [0.1, 0.15) is 0 Å². The molecule has 122 valence electrons. The highest BCUT2D eigenvalue weighted by atomic mass is 32.1. The first-order valence-electron chi connectivity index (χ1n) is 7.16. The first-order chi connectivity index (χ1) is 11.3. The minimum atomic E-state index is -0.500. The molecule has 1 aromatic carbocycles. The number of benzene rings is 1. The number of thiazole rings is 1. The van der Waals surface area contributed by atoms with Crippen LogP contribution in [-0.2, 0) is 0 Å². The van der Waals surface area contributed by atoms with Crippen LogP contribution >= 0.6 is 11.3 Å². The van der Waals surface area contributed by atoms with E-state index >= 15 is 0 Å². The molecule has 0 unspecified atom stereocenters. The molecule has 3 rings (SSSR count). The molecule has 0 fully saturated rings. The fourth-order valence-electron chi connectivity index (χ4n) is 2.39. The second kappa shape index (κ2) is 5.97. The molecule has 0 aliphatic rings. The van der Waals surface area contributed by atoms with E-state index in [4.69, 9.17) is 0 Å². The molecule has 0 radical (unpaired) electrons. The van der Waals surface area contributed by atoms with Crippen molar-refractivity contribution in [3.8, 4) is 0 Å². The van der Waals surface area contributed by atoms with Crippen LogP contribution in [0.5, 0.6) is 0 Å². The number of pyridine rings is 1. The van der Waals surface area contributed by atoms with Crippen molar-refractivity contribution in [3.05, 3.63) is 56.8 Å². The third-order valence-corrected chi connectivity index (χ3v) is 4.66. The lowest BCUT2D eigenvalue weighted by Gasteiger charge is -2.03. The maximum absolute atomic E-state index is 12.3. The van der Waals surface area contributed by atoms with Crippen LogP contribution in [0.25, 0.3) is 10.3 Å². The van der Waals surface area contributed by atoms with E-state index in [1.165, 1.54) is 17.4 Å². The summed E-state index contributed by atoms with van der Waals surface area (Å²) in [5.74, 6) is -0.438. The minimum Gasteiger partial charge on any atom is -0.298 e. The van der Waals surface area contributed by atoms with E-state index < -0.39 is 10.8 Å². The predicted molar refractivity (Wildman–Crippen MR) is 92.7 cm³/mol. The summed E-state index contributed by atoms with van der Waals surface area (Å²) < 4.78 is 0.908. The fourth-order valence-corrected chi connectivity index (χ4v) is 3.26. The lowest BCUT2D eigenvalue weighted by Crippen LogP contribution is -2.12. The smallest absolute Gasteiger partial charge is 0.273 e. The lowest BCUT2D eigenvalue weighted by molar-refractivity contribution is -0.385. The van der Waals surface area contributed by atoms with Crippen molar-refractivity contribution in [1.29, 1.82) is 0 Å². The number of rotatable bonds is 3. The van der Waals surface area contributed by atoms with Crippen LogP contribution in [0.2, 0.25) is 0 Å². The number of hydrogen-bond donors (Lipinski definition) is 1. The standard InChI is InChI=1S/C16H14N4O3S/c1-8-4-5-11(7-12(8)20(22)23)15(21)19-16-18-14-13(24-16)9(2)6-10(3)17-14/h4-7H,1-3H3,(H,17,18,19,21). The summed E-state index contributed by atoms with van der Waals surface area (Å²) in [7, 11) is 0. The molecule has 0 saturated carbocycles. The number of nitro groups is 1. The molecule has 7 nitrogen and oxygen atoms in total. The number of nitrogens with zero attached hydrogens (tertiary/aromatic N) is 3. The molecular formula is C16H14N4O3S. The lowest BCUT2D eigenvalue weighted by atomic mass is 10.1. The average Bonchev–Trinajstić information content (AvgIpc) is 2.89. The number of hydrogen-bond acceptors (Lipinski definition) is 6. The van der Waals surface area contributed by atoms with Crippen LogP contribution in [0.3, 0.4) is 0 Å². The topological polar surface area (TPSA) is 98.0 Å². The van der Waals surface area contributed by atoms with Gasteiger partial charge in [-0.25, -0.2) is 4.98 Å². The monoisotopic (exact) mass is 342 g/mol. The third-order valence-electron chi connectivity index (χ3n) is 3.56. The number of nitro benzene ring substituents is 1. The van der Waals surface area contributed by atoms with Crippen molar-refractivity contribution in [2.24, 2.45) is 0 Å². The molecule has 24 heavy (non-hydrogen) atoms. The molecule has 0 atom stereocenters. The predicted octanol–water partition coefficient (Wildman–Crippen LogP) is 3.78. The highest BCUT2D eigenvalue weighted by molar-refractivity contribution is 7.22. The van der Waals surface area contributed by atoms with Gasteiger partial charge in [-0.3, -0.25) is 20.2 Å². The number of anilines is 1. The summed E-state index contributed by atoms with van der Waals surface area (Å²) in [4.78, 5) is 31.5. The Bertz CT molecular complexity index is 981. The molecule has 1 amide bonds. The zero-order chi connectivity index (χ0) is 17.4. The maximum atomic E-state index is 12.3. The van der Waals surface area contributed by atoms with Crippen LogP contribution in [0.1, 0.15) is 27.2 Å². The Hall–Kier alpha value is -2.87. The molecule has 0 spiro atoms. The van der Waals surface area contributed by atoms with Gasteiger partial charge in [-0.15, -0.1) is 0 Å². The van der Waals surface area contributed by atoms with E-state index in [0.29, 0.717) is 16.3 Å². The Morgan fingerprint density at radius 2 is 1.92 bits per heavy atom. The first-order valence-corrected chi connectivity index (χ1v) is 7.98. The van der Waals surface area contributed by atoms with Crippen molar-refractivity contribution >= 4 is 38.4 Å². The largest absolute Gasteiger partial charge is 0.298 e. The highest BCUT2D eigenvalue weighted by Gasteiger charge is 2.17. The Labute approximate surface area is 141 Å². The number of aromatic nitrogens is 2. The van der Waals surface area contributed by atoms with Crippen LogP contribution in [0, 0.1) is 30.9 Å². The number of aryl methyl sites for hydroxylation is 3. The van der Waals surface area contributed by atoms with Gasteiger partial charge < -0.3 is 0 Å². The molecule has 8 heteroatoms. The number of fused-ring (bicyclic) bond motifs is 1. The van der Waals surface area contributed by atoms with E-state index in [1.807, 2.05) is 19.9 Å². The quantitative estimate of drug-likeness (QED) is 0.577. The van der Waals surface area contributed by atoms with Gasteiger partial charge in [0.25, 0.3) is 11.6 Å². The van der Waals surface area contributed by atoms with E-state index in [9.17, 15) is 14.9 Å². The number of carbonyl (C=O) groups excluding carboxylic acids is 1. The van der Waals surface area contributed by atoms with Gasteiger partial charge in [0.15, 0.2) is 10.8 Å². The van der Waals surface area contributed by atoms with Gasteiger partial charge in [-0.05, 0) is 38.5 Å². The van der Waals surface area contributed by atoms with Gasteiger partial charge in [0, 0.05) is 22.9 Å². The normalized spacial score (nSPS) is 10.8. The van der Waals surface area contributed by atoms with E-state index in [-0.39, 0.29) is 11.3 Å². The maximum Gasteiger partial charge on any atom is 0.273 e. The summed E-state index contributed by atoms with van der Waals surface area (Å²) in [6, 6.07) is 6.33. The molecule has 2 heterocycles. The Morgan fingerprint density at radius 3 is 2.62 bits per heavy atom. The van der Waals surface area contributed by atoms with Crippen LogP contribution in [0.15, 0.2) is 24.3 Å². The van der Waals surface area contributed by atoms with Crippen molar-refractivity contribution in [3.63, 3.8) is 0 Å². The molecular weight excluding hydrogens is 328 g/mol. The molecule has 0 aliphatic carbocycles.